The van der Waals surface area contributed by atoms with Gasteiger partial charge in [0.15, 0.2) is 16.6 Å². The zero-order valence-electron chi connectivity index (χ0n) is 13.0. The van der Waals surface area contributed by atoms with Crippen molar-refractivity contribution in [3.8, 4) is 5.75 Å². The van der Waals surface area contributed by atoms with Crippen molar-refractivity contribution in [2.75, 3.05) is 18.9 Å². The van der Waals surface area contributed by atoms with Gasteiger partial charge in [0.25, 0.3) is 10.0 Å². The van der Waals surface area contributed by atoms with Crippen LogP contribution < -0.4 is 9.46 Å². The smallest absolute Gasteiger partial charge is 0.342 e. The number of carbonyl (C=O) groups excluding carboxylic acids is 1. The summed E-state index contributed by atoms with van der Waals surface area (Å²) in [5.74, 6) is -0.534. The summed E-state index contributed by atoms with van der Waals surface area (Å²) in [5, 5.41) is 3.47. The van der Waals surface area contributed by atoms with E-state index in [2.05, 4.69) is 19.5 Å². The van der Waals surface area contributed by atoms with Crippen LogP contribution in [0.5, 0.6) is 5.75 Å². The predicted octanol–water partition coefficient (Wildman–Crippen LogP) is 0.720. The molecule has 0 amide bonds. The van der Waals surface area contributed by atoms with Crippen LogP contribution in [0.15, 0.2) is 23.4 Å². The number of rotatable bonds is 5. The minimum absolute atomic E-state index is 0.0181. The van der Waals surface area contributed by atoms with Gasteiger partial charge in [-0.25, -0.2) is 9.78 Å². The van der Waals surface area contributed by atoms with Crippen molar-refractivity contribution in [1.82, 2.24) is 14.8 Å². The van der Waals surface area contributed by atoms with Crippen LogP contribution in [0.4, 0.5) is 5.82 Å². The molecule has 0 atom stereocenters. The molecular formula is C13H16N4O5S. The second-order valence-electron chi connectivity index (χ2n) is 4.59. The molecule has 9 nitrogen and oxygen atoms in total. The average molecular weight is 340 g/mol. The lowest BCUT2D eigenvalue weighted by molar-refractivity contribution is 0.0596. The highest BCUT2D eigenvalue weighted by molar-refractivity contribution is 7.92. The van der Waals surface area contributed by atoms with Gasteiger partial charge >= 0.3 is 5.97 Å². The first-order valence-corrected chi connectivity index (χ1v) is 7.93. The Kier molecular flexibility index (Phi) is 4.55. The summed E-state index contributed by atoms with van der Waals surface area (Å²) in [7, 11) is -0.170. The molecule has 10 heteroatoms. The van der Waals surface area contributed by atoms with Gasteiger partial charge in [-0.2, -0.15) is 13.5 Å². The molecular weight excluding hydrogens is 324 g/mol. The van der Waals surface area contributed by atoms with E-state index in [0.717, 1.165) is 18.0 Å². The maximum absolute atomic E-state index is 12.6. The van der Waals surface area contributed by atoms with Crippen molar-refractivity contribution in [2.45, 2.75) is 11.9 Å². The van der Waals surface area contributed by atoms with Gasteiger partial charge in [-0.15, -0.1) is 0 Å². The Morgan fingerprint density at radius 1 is 1.30 bits per heavy atom. The standard InChI is InChI=1S/C13H16N4O5S/c1-8-5-6-10(21-3)11(15-8)16-23(19,20)12-9(13(18)22-4)7-14-17(12)2/h5-7H,1-4H3,(H,15,16). The third kappa shape index (κ3) is 3.26. The van der Waals surface area contributed by atoms with Crippen LogP contribution in [0, 0.1) is 6.92 Å². The summed E-state index contributed by atoms with van der Waals surface area (Å²) in [6.07, 6.45) is 1.13. The number of carbonyl (C=O) groups is 1. The van der Waals surface area contributed by atoms with Crippen LogP contribution in [0.2, 0.25) is 0 Å². The topological polar surface area (TPSA) is 112 Å². The Morgan fingerprint density at radius 2 is 2.00 bits per heavy atom. The summed E-state index contributed by atoms with van der Waals surface area (Å²) in [6.45, 7) is 1.71. The van der Waals surface area contributed by atoms with E-state index in [9.17, 15) is 13.2 Å². The molecule has 124 valence electrons. The lowest BCUT2D eigenvalue weighted by Gasteiger charge is -2.12. The number of nitrogens with one attached hydrogen (secondary N) is 1. The molecule has 0 aromatic carbocycles. The Hall–Kier alpha value is -2.62. The van der Waals surface area contributed by atoms with Crippen LogP contribution in [-0.2, 0) is 21.8 Å². The zero-order chi connectivity index (χ0) is 17.2. The van der Waals surface area contributed by atoms with E-state index in [1.807, 2.05) is 0 Å². The summed E-state index contributed by atoms with van der Waals surface area (Å²) in [5.41, 5.74) is 0.427. The first kappa shape index (κ1) is 16.7. The summed E-state index contributed by atoms with van der Waals surface area (Å²) >= 11 is 0. The molecule has 0 saturated heterocycles. The number of nitrogens with zero attached hydrogens (tertiary/aromatic N) is 3. The van der Waals surface area contributed by atoms with Crippen LogP contribution in [0.3, 0.4) is 0 Å². The fourth-order valence-corrected chi connectivity index (χ4v) is 3.27. The molecule has 2 aromatic rings. The van der Waals surface area contributed by atoms with Gasteiger partial charge in [0, 0.05) is 12.7 Å². The highest BCUT2D eigenvalue weighted by Crippen LogP contribution is 2.26. The maximum Gasteiger partial charge on any atom is 0.342 e. The number of anilines is 1. The third-order valence-corrected chi connectivity index (χ3v) is 4.45. The number of ether oxygens (including phenoxy) is 2. The number of hydrogen-bond acceptors (Lipinski definition) is 7. The number of esters is 1. The second kappa shape index (κ2) is 6.24. The molecule has 0 unspecified atom stereocenters. The van der Waals surface area contributed by atoms with E-state index in [0.29, 0.717) is 5.69 Å². The first-order valence-electron chi connectivity index (χ1n) is 6.45. The van der Waals surface area contributed by atoms with E-state index < -0.39 is 16.0 Å². The quantitative estimate of drug-likeness (QED) is 0.798. The third-order valence-electron chi connectivity index (χ3n) is 2.99. The molecule has 0 fully saturated rings. The van der Waals surface area contributed by atoms with Crippen LogP contribution >= 0.6 is 0 Å². The molecule has 0 saturated carbocycles. The van der Waals surface area contributed by atoms with Gasteiger partial charge in [0.05, 0.1) is 20.4 Å². The SMILES string of the molecule is COC(=O)c1cnn(C)c1S(=O)(=O)Nc1nc(C)ccc1OC. The molecule has 2 aromatic heterocycles. The van der Waals surface area contributed by atoms with Gasteiger partial charge < -0.3 is 9.47 Å². The summed E-state index contributed by atoms with van der Waals surface area (Å²) < 4.78 is 38.3. The van der Waals surface area contributed by atoms with E-state index in [-0.39, 0.29) is 22.2 Å². The van der Waals surface area contributed by atoms with Gasteiger partial charge in [-0.1, -0.05) is 0 Å². The number of methoxy groups -OCH3 is 2. The Balaban J connectivity index is 2.51. The van der Waals surface area contributed by atoms with Crippen LogP contribution in [-0.4, -0.2) is 43.4 Å². The van der Waals surface area contributed by atoms with Crippen LogP contribution in [0.25, 0.3) is 0 Å². The molecule has 0 aliphatic carbocycles. The first-order chi connectivity index (χ1) is 10.8. The molecule has 1 N–H and O–H groups in total. The molecule has 0 spiro atoms. The lowest BCUT2D eigenvalue weighted by Crippen LogP contribution is -2.21. The van der Waals surface area contributed by atoms with Crippen molar-refractivity contribution in [2.24, 2.45) is 7.05 Å². The Bertz CT molecular complexity index is 844. The maximum atomic E-state index is 12.6. The van der Waals surface area contributed by atoms with Crippen molar-refractivity contribution < 1.29 is 22.7 Å². The second-order valence-corrected chi connectivity index (χ2v) is 6.19. The van der Waals surface area contributed by atoms with Crippen molar-refractivity contribution in [3.63, 3.8) is 0 Å². The van der Waals surface area contributed by atoms with Crippen molar-refractivity contribution >= 4 is 21.8 Å². The highest BCUT2D eigenvalue weighted by Gasteiger charge is 2.29. The summed E-state index contributed by atoms with van der Waals surface area (Å²) in [4.78, 5) is 15.8. The highest BCUT2D eigenvalue weighted by atomic mass is 32.2. The van der Waals surface area contributed by atoms with Gasteiger partial charge in [-0.3, -0.25) is 9.40 Å². The number of pyridine rings is 1. The minimum Gasteiger partial charge on any atom is -0.493 e. The molecule has 2 rings (SSSR count). The molecule has 0 aliphatic rings. The monoisotopic (exact) mass is 340 g/mol. The molecule has 0 radical (unpaired) electrons. The number of sulfonamides is 1. The summed E-state index contributed by atoms with van der Waals surface area (Å²) in [6, 6.07) is 3.27. The normalized spacial score (nSPS) is 11.1. The Labute approximate surface area is 133 Å². The largest absolute Gasteiger partial charge is 0.493 e. The van der Waals surface area contributed by atoms with Crippen LogP contribution in [0.1, 0.15) is 16.1 Å². The van der Waals surface area contributed by atoms with E-state index in [1.54, 1.807) is 19.1 Å². The van der Waals surface area contributed by atoms with Gasteiger partial charge in [-0.05, 0) is 19.1 Å². The van der Waals surface area contributed by atoms with E-state index in [4.69, 9.17) is 4.74 Å². The lowest BCUT2D eigenvalue weighted by atomic mass is 10.3. The van der Waals surface area contributed by atoms with Gasteiger partial charge in [0.1, 0.15) is 5.56 Å². The number of aryl methyl sites for hydroxylation is 2. The zero-order valence-corrected chi connectivity index (χ0v) is 13.8. The van der Waals surface area contributed by atoms with E-state index >= 15 is 0 Å². The van der Waals surface area contributed by atoms with Gasteiger partial charge in [0.2, 0.25) is 0 Å². The number of aromatic nitrogens is 3. The number of hydrogen-bond donors (Lipinski definition) is 1. The fourth-order valence-electron chi connectivity index (χ4n) is 1.95. The molecule has 2 heterocycles. The molecule has 23 heavy (non-hydrogen) atoms. The molecule has 0 bridgehead atoms. The minimum atomic E-state index is -4.13. The fraction of sp³-hybridized carbons (Fsp3) is 0.308. The van der Waals surface area contributed by atoms with Crippen molar-refractivity contribution in [1.29, 1.82) is 0 Å². The molecule has 0 aliphatic heterocycles. The predicted molar refractivity (Wildman–Crippen MR) is 80.9 cm³/mol. The Morgan fingerprint density at radius 3 is 2.61 bits per heavy atom. The average Bonchev–Trinajstić information content (AvgIpc) is 2.89. The van der Waals surface area contributed by atoms with E-state index in [1.165, 1.54) is 14.2 Å². The van der Waals surface area contributed by atoms with Crippen molar-refractivity contribution in [3.05, 3.63) is 29.6 Å².